The first-order chi connectivity index (χ1) is 9.90. The zero-order valence-electron chi connectivity index (χ0n) is 10.5. The number of hydrogen-bond acceptors (Lipinski definition) is 4. The number of halogens is 2. The van der Waals surface area contributed by atoms with Gasteiger partial charge in [0.25, 0.3) is 0 Å². The molecule has 0 aliphatic carbocycles. The van der Waals surface area contributed by atoms with Crippen LogP contribution in [0.1, 0.15) is 5.56 Å². The highest BCUT2D eigenvalue weighted by Crippen LogP contribution is 2.35. The Bertz CT molecular complexity index is 737. The van der Waals surface area contributed by atoms with Crippen LogP contribution in [0.5, 0.6) is 11.5 Å². The van der Waals surface area contributed by atoms with E-state index in [4.69, 9.17) is 15.9 Å². The molecular weight excluding hydrogens is 345 g/mol. The van der Waals surface area contributed by atoms with Gasteiger partial charge in [-0.25, -0.2) is 4.39 Å². The van der Waals surface area contributed by atoms with Gasteiger partial charge in [-0.3, -0.25) is 15.5 Å². The van der Waals surface area contributed by atoms with Gasteiger partial charge in [0.05, 0.1) is 10.5 Å². The molecule has 0 heterocycles. The monoisotopic (exact) mass is 353 g/mol. The van der Waals surface area contributed by atoms with Crippen LogP contribution in [0.2, 0.25) is 0 Å². The van der Waals surface area contributed by atoms with Gasteiger partial charge in [0, 0.05) is 10.5 Å². The van der Waals surface area contributed by atoms with Crippen molar-refractivity contribution in [3.63, 3.8) is 0 Å². The van der Waals surface area contributed by atoms with Gasteiger partial charge >= 0.3 is 5.69 Å². The third-order valence-electron chi connectivity index (χ3n) is 2.58. The number of amidine groups is 1. The van der Waals surface area contributed by atoms with Crippen LogP contribution in [0.15, 0.2) is 40.9 Å². The molecule has 0 saturated carbocycles. The van der Waals surface area contributed by atoms with E-state index in [0.29, 0.717) is 4.47 Å². The molecule has 2 aromatic carbocycles. The van der Waals surface area contributed by atoms with Crippen LogP contribution in [0.3, 0.4) is 0 Å². The molecule has 0 spiro atoms. The second kappa shape index (κ2) is 5.88. The van der Waals surface area contributed by atoms with E-state index in [2.05, 4.69) is 15.9 Å². The van der Waals surface area contributed by atoms with Crippen LogP contribution in [-0.2, 0) is 0 Å². The van der Waals surface area contributed by atoms with E-state index < -0.39 is 16.6 Å². The topological polar surface area (TPSA) is 102 Å². The molecule has 2 aromatic rings. The zero-order chi connectivity index (χ0) is 15.6. The third-order valence-corrected chi connectivity index (χ3v) is 3.08. The number of rotatable bonds is 4. The summed E-state index contributed by atoms with van der Waals surface area (Å²) in [5, 5.41) is 18.4. The number of nitrogens with one attached hydrogen (secondary N) is 1. The highest BCUT2D eigenvalue weighted by Gasteiger charge is 2.19. The smallest absolute Gasteiger partial charge is 0.312 e. The molecule has 2 rings (SSSR count). The van der Waals surface area contributed by atoms with Crippen molar-refractivity contribution >= 4 is 27.5 Å². The van der Waals surface area contributed by atoms with Crippen LogP contribution in [0, 0.1) is 21.3 Å². The molecule has 0 radical (unpaired) electrons. The van der Waals surface area contributed by atoms with Gasteiger partial charge in [-0.05, 0) is 24.3 Å². The highest BCUT2D eigenvalue weighted by atomic mass is 79.9. The van der Waals surface area contributed by atoms with Crippen molar-refractivity contribution in [2.75, 3.05) is 0 Å². The second-order valence-electron chi connectivity index (χ2n) is 4.00. The molecule has 0 aromatic heterocycles. The largest absolute Gasteiger partial charge is 0.449 e. The molecule has 3 N–H and O–H groups in total. The Kier molecular flexibility index (Phi) is 4.18. The van der Waals surface area contributed by atoms with Crippen LogP contribution in [-0.4, -0.2) is 10.8 Å². The Balaban J connectivity index is 2.51. The number of nitrogens with two attached hydrogens (primary N) is 1. The predicted octanol–water partition coefficient (Wildman–Crippen LogP) is 3.57. The molecule has 108 valence electrons. The Morgan fingerprint density at radius 3 is 2.67 bits per heavy atom. The van der Waals surface area contributed by atoms with Crippen molar-refractivity contribution in [2.24, 2.45) is 5.73 Å². The molecule has 0 bridgehead atoms. The van der Waals surface area contributed by atoms with Gasteiger partial charge in [0.2, 0.25) is 5.75 Å². The summed E-state index contributed by atoms with van der Waals surface area (Å²) < 4.78 is 19.6. The molecule has 0 aliphatic heterocycles. The lowest BCUT2D eigenvalue weighted by Crippen LogP contribution is -2.14. The maximum Gasteiger partial charge on any atom is 0.312 e. The SMILES string of the molecule is N=C(N)c1c(F)cccc1Oc1ccc(Br)cc1[N+](=O)[O-]. The summed E-state index contributed by atoms with van der Waals surface area (Å²) in [6, 6.07) is 8.06. The minimum Gasteiger partial charge on any atom is -0.449 e. The third kappa shape index (κ3) is 3.16. The summed E-state index contributed by atoms with van der Waals surface area (Å²) in [5.74, 6) is -1.40. The van der Waals surface area contributed by atoms with Crippen molar-refractivity contribution in [3.8, 4) is 11.5 Å². The van der Waals surface area contributed by atoms with Crippen LogP contribution >= 0.6 is 15.9 Å². The van der Waals surface area contributed by atoms with E-state index in [1.165, 1.54) is 24.3 Å². The lowest BCUT2D eigenvalue weighted by molar-refractivity contribution is -0.385. The molecule has 8 heteroatoms. The van der Waals surface area contributed by atoms with Crippen LogP contribution < -0.4 is 10.5 Å². The zero-order valence-corrected chi connectivity index (χ0v) is 12.1. The number of nitro groups is 1. The minimum absolute atomic E-state index is 0.0621. The average molecular weight is 354 g/mol. The quantitative estimate of drug-likeness (QED) is 0.379. The number of hydrogen-bond donors (Lipinski definition) is 2. The number of nitro benzene ring substituents is 1. The van der Waals surface area contributed by atoms with Gasteiger partial charge in [0.15, 0.2) is 0 Å². The normalized spacial score (nSPS) is 10.2. The Morgan fingerprint density at radius 1 is 1.33 bits per heavy atom. The van der Waals surface area contributed by atoms with Gasteiger partial charge in [-0.15, -0.1) is 0 Å². The summed E-state index contributed by atoms with van der Waals surface area (Å²) in [4.78, 5) is 10.4. The molecule has 0 aliphatic rings. The van der Waals surface area contributed by atoms with E-state index in [1.54, 1.807) is 6.07 Å². The summed E-state index contributed by atoms with van der Waals surface area (Å²) in [6.07, 6.45) is 0. The first-order valence-electron chi connectivity index (χ1n) is 5.65. The van der Waals surface area contributed by atoms with Crippen molar-refractivity contribution < 1.29 is 14.1 Å². The van der Waals surface area contributed by atoms with Crippen molar-refractivity contribution in [1.29, 1.82) is 5.41 Å². The Morgan fingerprint density at radius 2 is 2.05 bits per heavy atom. The Hall–Kier alpha value is -2.48. The minimum atomic E-state index is -0.736. The number of benzene rings is 2. The van der Waals surface area contributed by atoms with Crippen molar-refractivity contribution in [3.05, 3.63) is 62.4 Å². The number of nitrogen functional groups attached to an aromatic ring is 1. The lowest BCUT2D eigenvalue weighted by Gasteiger charge is -2.11. The van der Waals surface area contributed by atoms with Crippen LogP contribution in [0.25, 0.3) is 0 Å². The predicted molar refractivity (Wildman–Crippen MR) is 78.3 cm³/mol. The standard InChI is InChI=1S/C13H9BrFN3O3/c14-7-4-5-10(9(6-7)18(19)20)21-11-3-1-2-8(15)12(11)13(16)17/h1-6H,(H3,16,17). The van der Waals surface area contributed by atoms with E-state index in [1.807, 2.05) is 0 Å². The first kappa shape index (κ1) is 14.9. The van der Waals surface area contributed by atoms with E-state index in [9.17, 15) is 14.5 Å². The van der Waals surface area contributed by atoms with E-state index in [-0.39, 0.29) is 22.7 Å². The Labute approximate surface area is 127 Å². The van der Waals surface area contributed by atoms with E-state index >= 15 is 0 Å². The number of nitrogens with zero attached hydrogens (tertiary/aromatic N) is 1. The molecule has 0 atom stereocenters. The van der Waals surface area contributed by atoms with Crippen LogP contribution in [0.4, 0.5) is 10.1 Å². The maximum absolute atomic E-state index is 13.7. The molecule has 0 amide bonds. The molecule has 21 heavy (non-hydrogen) atoms. The van der Waals surface area contributed by atoms with E-state index in [0.717, 1.165) is 6.07 Å². The second-order valence-corrected chi connectivity index (χ2v) is 4.91. The summed E-state index contributed by atoms with van der Waals surface area (Å²) >= 11 is 3.13. The molecule has 6 nitrogen and oxygen atoms in total. The molecule has 0 fully saturated rings. The summed E-state index contributed by atoms with van der Waals surface area (Å²) in [7, 11) is 0. The summed E-state index contributed by atoms with van der Waals surface area (Å²) in [6.45, 7) is 0. The molecule has 0 saturated heterocycles. The average Bonchev–Trinajstić information content (AvgIpc) is 2.40. The van der Waals surface area contributed by atoms with Gasteiger partial charge in [0.1, 0.15) is 17.4 Å². The molecule has 0 unspecified atom stereocenters. The van der Waals surface area contributed by atoms with Crippen molar-refractivity contribution in [2.45, 2.75) is 0 Å². The van der Waals surface area contributed by atoms with Crippen molar-refractivity contribution in [1.82, 2.24) is 0 Å². The molecular formula is C13H9BrFN3O3. The maximum atomic E-state index is 13.7. The fourth-order valence-corrected chi connectivity index (χ4v) is 2.04. The highest BCUT2D eigenvalue weighted by molar-refractivity contribution is 9.10. The lowest BCUT2D eigenvalue weighted by atomic mass is 10.1. The fraction of sp³-hybridized carbons (Fsp3) is 0. The van der Waals surface area contributed by atoms with Gasteiger partial charge in [-0.2, -0.15) is 0 Å². The fourth-order valence-electron chi connectivity index (χ4n) is 1.69. The van der Waals surface area contributed by atoms with Gasteiger partial charge < -0.3 is 10.5 Å². The number of ether oxygens (including phenoxy) is 1. The summed E-state index contributed by atoms with van der Waals surface area (Å²) in [5.41, 5.74) is 4.78. The first-order valence-corrected chi connectivity index (χ1v) is 6.44. The van der Waals surface area contributed by atoms with Gasteiger partial charge in [-0.1, -0.05) is 22.0 Å².